The first-order chi connectivity index (χ1) is 10.0. The average Bonchev–Trinajstić information content (AvgIpc) is 3.21. The SMILES string of the molecule is CC1CCCC(CO)(NC(=O)c2cc(Br)cn2C2CC2)C1. The van der Waals surface area contributed by atoms with Gasteiger partial charge in [-0.3, -0.25) is 4.79 Å². The Labute approximate surface area is 134 Å². The molecule has 1 heterocycles. The molecule has 21 heavy (non-hydrogen) atoms. The molecular formula is C16H23BrN2O2. The highest BCUT2D eigenvalue weighted by atomic mass is 79.9. The lowest BCUT2D eigenvalue weighted by atomic mass is 9.77. The molecule has 2 unspecified atom stereocenters. The molecule has 2 atom stereocenters. The van der Waals surface area contributed by atoms with E-state index in [1.807, 2.05) is 12.3 Å². The molecule has 0 bridgehead atoms. The maximum absolute atomic E-state index is 12.7. The Bertz CT molecular complexity index is 538. The zero-order chi connectivity index (χ0) is 15.0. The van der Waals surface area contributed by atoms with Gasteiger partial charge in [-0.25, -0.2) is 0 Å². The third-order valence-corrected chi connectivity index (χ3v) is 5.19. The van der Waals surface area contributed by atoms with Gasteiger partial charge < -0.3 is 15.0 Å². The predicted molar refractivity (Wildman–Crippen MR) is 85.3 cm³/mol. The van der Waals surface area contributed by atoms with Crippen molar-refractivity contribution >= 4 is 21.8 Å². The quantitative estimate of drug-likeness (QED) is 0.871. The molecule has 2 saturated carbocycles. The van der Waals surface area contributed by atoms with Crippen LogP contribution in [0.4, 0.5) is 0 Å². The van der Waals surface area contributed by atoms with E-state index in [2.05, 4.69) is 32.7 Å². The van der Waals surface area contributed by atoms with Crippen molar-refractivity contribution < 1.29 is 9.90 Å². The van der Waals surface area contributed by atoms with Crippen LogP contribution in [0.25, 0.3) is 0 Å². The fourth-order valence-corrected chi connectivity index (χ4v) is 3.98. The van der Waals surface area contributed by atoms with Crippen molar-refractivity contribution in [1.29, 1.82) is 0 Å². The molecule has 0 radical (unpaired) electrons. The summed E-state index contributed by atoms with van der Waals surface area (Å²) in [4.78, 5) is 12.7. The molecule has 0 aliphatic heterocycles. The first-order valence-electron chi connectivity index (χ1n) is 7.84. The third kappa shape index (κ3) is 3.19. The van der Waals surface area contributed by atoms with Crippen molar-refractivity contribution in [2.24, 2.45) is 5.92 Å². The Hall–Kier alpha value is -0.810. The van der Waals surface area contributed by atoms with E-state index in [1.165, 1.54) is 6.42 Å². The third-order valence-electron chi connectivity index (χ3n) is 4.76. The van der Waals surface area contributed by atoms with Crippen LogP contribution in [-0.2, 0) is 0 Å². The van der Waals surface area contributed by atoms with Gasteiger partial charge in [-0.15, -0.1) is 0 Å². The highest BCUT2D eigenvalue weighted by Crippen LogP contribution is 2.38. The summed E-state index contributed by atoms with van der Waals surface area (Å²) >= 11 is 3.46. The highest BCUT2D eigenvalue weighted by molar-refractivity contribution is 9.10. The lowest BCUT2D eigenvalue weighted by Crippen LogP contribution is -2.54. The van der Waals surface area contributed by atoms with Crippen LogP contribution in [0.2, 0.25) is 0 Å². The molecule has 4 nitrogen and oxygen atoms in total. The summed E-state index contributed by atoms with van der Waals surface area (Å²) in [6, 6.07) is 2.35. The smallest absolute Gasteiger partial charge is 0.268 e. The maximum Gasteiger partial charge on any atom is 0.268 e. The van der Waals surface area contributed by atoms with Crippen molar-refractivity contribution in [1.82, 2.24) is 9.88 Å². The first-order valence-corrected chi connectivity index (χ1v) is 8.63. The van der Waals surface area contributed by atoms with Gasteiger partial charge in [0.05, 0.1) is 12.1 Å². The summed E-state index contributed by atoms with van der Waals surface area (Å²) in [5, 5.41) is 13.0. The second kappa shape index (κ2) is 5.76. The lowest BCUT2D eigenvalue weighted by molar-refractivity contribution is 0.0689. The summed E-state index contributed by atoms with van der Waals surface area (Å²) in [5.74, 6) is 0.490. The number of hydrogen-bond acceptors (Lipinski definition) is 2. The minimum atomic E-state index is -0.445. The van der Waals surface area contributed by atoms with Crippen molar-refractivity contribution in [2.45, 2.75) is 57.0 Å². The van der Waals surface area contributed by atoms with E-state index in [0.29, 0.717) is 17.7 Å². The summed E-state index contributed by atoms with van der Waals surface area (Å²) < 4.78 is 3.01. The van der Waals surface area contributed by atoms with E-state index in [9.17, 15) is 9.90 Å². The first kappa shape index (κ1) is 15.1. The number of amides is 1. The number of hydrogen-bond donors (Lipinski definition) is 2. The number of rotatable bonds is 4. The number of aliphatic hydroxyl groups excluding tert-OH is 1. The molecule has 1 aromatic rings. The number of carbonyl (C=O) groups is 1. The average molecular weight is 355 g/mol. The van der Waals surface area contributed by atoms with Gasteiger partial charge in [-0.1, -0.05) is 19.8 Å². The van der Waals surface area contributed by atoms with E-state index >= 15 is 0 Å². The predicted octanol–water partition coefficient (Wildman–Crippen LogP) is 3.26. The Kier molecular flexibility index (Phi) is 4.14. The Morgan fingerprint density at radius 1 is 1.52 bits per heavy atom. The molecular weight excluding hydrogens is 332 g/mol. The minimum absolute atomic E-state index is 0.0222. The number of carbonyl (C=O) groups excluding carboxylic acids is 1. The Balaban J connectivity index is 1.78. The van der Waals surface area contributed by atoms with E-state index in [0.717, 1.165) is 36.6 Å². The molecule has 1 amide bonds. The highest BCUT2D eigenvalue weighted by Gasteiger charge is 2.37. The fraction of sp³-hybridized carbons (Fsp3) is 0.688. The molecule has 5 heteroatoms. The van der Waals surface area contributed by atoms with Crippen LogP contribution in [0.1, 0.15) is 62.0 Å². The van der Waals surface area contributed by atoms with Gasteiger partial charge in [0.2, 0.25) is 0 Å². The van der Waals surface area contributed by atoms with E-state index < -0.39 is 5.54 Å². The van der Waals surface area contributed by atoms with Gasteiger partial charge in [0, 0.05) is 16.7 Å². The van der Waals surface area contributed by atoms with Gasteiger partial charge in [-0.05, 0) is 53.6 Å². The van der Waals surface area contributed by atoms with Crippen LogP contribution >= 0.6 is 15.9 Å². The monoisotopic (exact) mass is 354 g/mol. The number of aliphatic hydroxyl groups is 1. The number of halogens is 1. The van der Waals surface area contributed by atoms with E-state index in [-0.39, 0.29) is 12.5 Å². The van der Waals surface area contributed by atoms with E-state index in [1.54, 1.807) is 0 Å². The fourth-order valence-electron chi connectivity index (χ4n) is 3.54. The van der Waals surface area contributed by atoms with Crippen LogP contribution in [0.5, 0.6) is 0 Å². The second-order valence-electron chi connectivity index (χ2n) is 6.78. The van der Waals surface area contributed by atoms with Crippen molar-refractivity contribution in [3.63, 3.8) is 0 Å². The molecule has 1 aromatic heterocycles. The molecule has 0 saturated heterocycles. The normalized spacial score (nSPS) is 29.4. The largest absolute Gasteiger partial charge is 0.394 e. The molecule has 0 spiro atoms. The van der Waals surface area contributed by atoms with Gasteiger partial charge in [0.1, 0.15) is 5.69 Å². The van der Waals surface area contributed by atoms with Crippen LogP contribution in [0.15, 0.2) is 16.7 Å². The van der Waals surface area contributed by atoms with Gasteiger partial charge >= 0.3 is 0 Å². The van der Waals surface area contributed by atoms with Crippen LogP contribution < -0.4 is 5.32 Å². The Morgan fingerprint density at radius 3 is 2.90 bits per heavy atom. The molecule has 2 N–H and O–H groups in total. The van der Waals surface area contributed by atoms with E-state index in [4.69, 9.17) is 0 Å². The van der Waals surface area contributed by atoms with Crippen LogP contribution in [0.3, 0.4) is 0 Å². The van der Waals surface area contributed by atoms with Crippen molar-refractivity contribution in [3.8, 4) is 0 Å². The maximum atomic E-state index is 12.7. The minimum Gasteiger partial charge on any atom is -0.394 e. The standard InChI is InChI=1S/C16H23BrN2O2/c1-11-3-2-6-16(8-11,10-20)18-15(21)14-7-12(17)9-19(14)13-4-5-13/h7,9,11,13,20H,2-6,8,10H2,1H3,(H,18,21). The number of nitrogens with one attached hydrogen (secondary N) is 1. The Morgan fingerprint density at radius 2 is 2.29 bits per heavy atom. The zero-order valence-electron chi connectivity index (χ0n) is 12.4. The van der Waals surface area contributed by atoms with Gasteiger partial charge in [0.15, 0.2) is 0 Å². The van der Waals surface area contributed by atoms with Crippen molar-refractivity contribution in [2.75, 3.05) is 6.61 Å². The summed E-state index contributed by atoms with van der Waals surface area (Å²) in [5.41, 5.74) is 0.260. The van der Waals surface area contributed by atoms with Gasteiger partial charge in [0.25, 0.3) is 5.91 Å². The number of nitrogens with zero attached hydrogens (tertiary/aromatic N) is 1. The molecule has 0 aromatic carbocycles. The summed E-state index contributed by atoms with van der Waals surface area (Å²) in [6.45, 7) is 2.22. The molecule has 2 aliphatic carbocycles. The second-order valence-corrected chi connectivity index (χ2v) is 7.69. The summed E-state index contributed by atoms with van der Waals surface area (Å²) in [7, 11) is 0. The topological polar surface area (TPSA) is 54.3 Å². The molecule has 2 fully saturated rings. The van der Waals surface area contributed by atoms with Gasteiger partial charge in [-0.2, -0.15) is 0 Å². The van der Waals surface area contributed by atoms with Crippen LogP contribution in [0, 0.1) is 5.92 Å². The molecule has 116 valence electrons. The van der Waals surface area contributed by atoms with Crippen molar-refractivity contribution in [3.05, 3.63) is 22.4 Å². The number of aromatic nitrogens is 1. The summed E-state index contributed by atoms with van der Waals surface area (Å²) in [6.07, 6.45) is 8.25. The lowest BCUT2D eigenvalue weighted by Gasteiger charge is -2.39. The molecule has 3 rings (SSSR count). The molecule has 2 aliphatic rings. The zero-order valence-corrected chi connectivity index (χ0v) is 14.0. The van der Waals surface area contributed by atoms with Crippen LogP contribution in [-0.4, -0.2) is 27.7 Å².